The summed E-state index contributed by atoms with van der Waals surface area (Å²) < 4.78 is 5.26. The topological polar surface area (TPSA) is 78.9 Å². The summed E-state index contributed by atoms with van der Waals surface area (Å²) in [6.45, 7) is 3.13. The Morgan fingerprint density at radius 2 is 2.00 bits per heavy atom. The molecule has 2 fully saturated rings. The number of rotatable bonds is 4. The zero-order valence-corrected chi connectivity index (χ0v) is 18.0. The van der Waals surface area contributed by atoms with Crippen LogP contribution in [0.5, 0.6) is 5.75 Å². The lowest BCUT2D eigenvalue weighted by atomic mass is 10.1. The minimum Gasteiger partial charge on any atom is -0.497 e. The van der Waals surface area contributed by atoms with E-state index in [1.165, 1.54) is 0 Å². The third-order valence-corrected chi connectivity index (χ3v) is 6.90. The summed E-state index contributed by atoms with van der Waals surface area (Å²) in [7, 11) is 1.60. The molecular formula is C22H23N5O3S. The molecule has 160 valence electrons. The molecule has 1 atom stereocenters. The number of pyridine rings is 1. The number of fused-ring (bicyclic) bond motifs is 1. The Hall–Kier alpha value is -3.20. The molecule has 3 aromatic rings. The van der Waals surface area contributed by atoms with Crippen LogP contribution in [0.2, 0.25) is 0 Å². The second kappa shape index (κ2) is 8.14. The highest BCUT2D eigenvalue weighted by molar-refractivity contribution is 7.21. The van der Waals surface area contributed by atoms with Gasteiger partial charge in [0, 0.05) is 57.1 Å². The van der Waals surface area contributed by atoms with E-state index in [4.69, 9.17) is 4.74 Å². The van der Waals surface area contributed by atoms with E-state index in [9.17, 15) is 9.59 Å². The van der Waals surface area contributed by atoms with Crippen molar-refractivity contribution < 1.29 is 14.3 Å². The number of aromatic nitrogens is 2. The van der Waals surface area contributed by atoms with Crippen LogP contribution in [0, 0.1) is 5.92 Å². The molecule has 0 saturated carbocycles. The van der Waals surface area contributed by atoms with Gasteiger partial charge in [0.25, 0.3) is 0 Å². The van der Waals surface area contributed by atoms with Crippen LogP contribution in [0.1, 0.15) is 6.42 Å². The minimum absolute atomic E-state index is 0.0211. The van der Waals surface area contributed by atoms with E-state index in [1.54, 1.807) is 29.5 Å². The molecule has 2 amide bonds. The first kappa shape index (κ1) is 19.7. The molecule has 0 aliphatic carbocycles. The van der Waals surface area contributed by atoms with E-state index in [1.807, 2.05) is 41.3 Å². The summed E-state index contributed by atoms with van der Waals surface area (Å²) in [5.41, 5.74) is 1.68. The predicted octanol–water partition coefficient (Wildman–Crippen LogP) is 2.40. The second-order valence-electron chi connectivity index (χ2n) is 7.74. The lowest BCUT2D eigenvalue weighted by Gasteiger charge is -2.35. The lowest BCUT2D eigenvalue weighted by Crippen LogP contribution is -2.50. The summed E-state index contributed by atoms with van der Waals surface area (Å²) in [5, 5.41) is 0.945. The lowest BCUT2D eigenvalue weighted by molar-refractivity contribution is -0.136. The zero-order chi connectivity index (χ0) is 21.4. The van der Waals surface area contributed by atoms with Crippen molar-refractivity contribution in [2.45, 2.75) is 6.42 Å². The Balaban J connectivity index is 1.22. The van der Waals surface area contributed by atoms with Crippen molar-refractivity contribution in [1.29, 1.82) is 0 Å². The fourth-order valence-electron chi connectivity index (χ4n) is 4.17. The van der Waals surface area contributed by atoms with Crippen molar-refractivity contribution in [3.63, 3.8) is 0 Å². The van der Waals surface area contributed by atoms with Gasteiger partial charge in [0.15, 0.2) is 5.13 Å². The molecule has 0 bridgehead atoms. The highest BCUT2D eigenvalue weighted by Crippen LogP contribution is 2.30. The van der Waals surface area contributed by atoms with Crippen LogP contribution in [0.4, 0.5) is 10.8 Å². The van der Waals surface area contributed by atoms with Crippen LogP contribution < -0.4 is 14.5 Å². The van der Waals surface area contributed by atoms with Gasteiger partial charge in [0.1, 0.15) is 16.1 Å². The molecule has 1 aromatic carbocycles. The molecule has 0 N–H and O–H groups in total. The first-order chi connectivity index (χ1) is 15.1. The van der Waals surface area contributed by atoms with Gasteiger partial charge in [-0.25, -0.2) is 9.97 Å². The van der Waals surface area contributed by atoms with Crippen LogP contribution in [0.25, 0.3) is 10.3 Å². The smallest absolute Gasteiger partial charge is 0.228 e. The van der Waals surface area contributed by atoms with Crippen molar-refractivity contribution in [2.24, 2.45) is 5.92 Å². The Kier molecular flexibility index (Phi) is 5.19. The molecule has 2 aromatic heterocycles. The molecular weight excluding hydrogens is 414 g/mol. The van der Waals surface area contributed by atoms with Crippen LogP contribution >= 0.6 is 11.3 Å². The highest BCUT2D eigenvalue weighted by Gasteiger charge is 2.38. The number of ether oxygens (including phenoxy) is 1. The predicted molar refractivity (Wildman–Crippen MR) is 120 cm³/mol. The summed E-state index contributed by atoms with van der Waals surface area (Å²) >= 11 is 1.58. The fraction of sp³-hybridized carbons (Fsp3) is 0.364. The third-order valence-electron chi connectivity index (χ3n) is 5.86. The maximum absolute atomic E-state index is 13.1. The van der Waals surface area contributed by atoms with Gasteiger partial charge in [0.2, 0.25) is 11.8 Å². The number of nitrogens with zero attached hydrogens (tertiary/aromatic N) is 5. The van der Waals surface area contributed by atoms with Crippen LogP contribution in [-0.2, 0) is 9.59 Å². The van der Waals surface area contributed by atoms with Gasteiger partial charge in [-0.15, -0.1) is 0 Å². The monoisotopic (exact) mass is 437 g/mol. The largest absolute Gasteiger partial charge is 0.497 e. The van der Waals surface area contributed by atoms with Gasteiger partial charge in [-0.3, -0.25) is 9.59 Å². The SMILES string of the molecule is COc1cccc(N2CC(C(=O)N3CCN(c4nc5cccnc5s4)CC3)CC2=O)c1. The van der Waals surface area contributed by atoms with Crippen LogP contribution in [-0.4, -0.2) is 66.5 Å². The molecule has 2 aliphatic rings. The average Bonchev–Trinajstić information content (AvgIpc) is 3.42. The number of amides is 2. The minimum atomic E-state index is -0.308. The van der Waals surface area contributed by atoms with Gasteiger partial charge < -0.3 is 19.4 Å². The standard InChI is InChI=1S/C22H23N5O3S/c1-30-17-5-2-4-16(13-17)27-14-15(12-19(27)28)21(29)25-8-10-26(11-9-25)22-24-18-6-3-7-23-20(18)31-22/h2-7,13,15H,8-12,14H2,1H3. The molecule has 1 unspecified atom stereocenters. The molecule has 4 heterocycles. The van der Waals surface area contributed by atoms with Gasteiger partial charge in [-0.2, -0.15) is 0 Å². The van der Waals surface area contributed by atoms with Crippen molar-refractivity contribution in [3.05, 3.63) is 42.6 Å². The number of piperazine rings is 1. The van der Waals surface area contributed by atoms with Crippen molar-refractivity contribution >= 4 is 44.3 Å². The summed E-state index contributed by atoms with van der Waals surface area (Å²) in [5.74, 6) is 0.426. The number of carbonyl (C=O) groups excluding carboxylic acids is 2. The molecule has 5 rings (SSSR count). The number of anilines is 2. The number of hydrogen-bond acceptors (Lipinski definition) is 7. The van der Waals surface area contributed by atoms with E-state index in [2.05, 4.69) is 14.9 Å². The van der Waals surface area contributed by atoms with E-state index < -0.39 is 0 Å². The van der Waals surface area contributed by atoms with Gasteiger partial charge in [-0.05, 0) is 24.3 Å². The molecule has 31 heavy (non-hydrogen) atoms. The van der Waals surface area contributed by atoms with E-state index in [0.29, 0.717) is 25.4 Å². The number of thiazole rings is 1. The maximum atomic E-state index is 13.1. The van der Waals surface area contributed by atoms with Crippen molar-refractivity contribution in [3.8, 4) is 5.75 Å². The van der Waals surface area contributed by atoms with Crippen molar-refractivity contribution in [1.82, 2.24) is 14.9 Å². The van der Waals surface area contributed by atoms with Gasteiger partial charge in [0.05, 0.1) is 13.0 Å². The zero-order valence-electron chi connectivity index (χ0n) is 17.2. The molecule has 2 aliphatic heterocycles. The summed E-state index contributed by atoms with van der Waals surface area (Å²) in [6.07, 6.45) is 2.03. The summed E-state index contributed by atoms with van der Waals surface area (Å²) in [4.78, 5) is 41.4. The summed E-state index contributed by atoms with van der Waals surface area (Å²) in [6, 6.07) is 11.3. The van der Waals surface area contributed by atoms with E-state index in [-0.39, 0.29) is 24.2 Å². The number of carbonyl (C=O) groups is 2. The second-order valence-corrected chi connectivity index (χ2v) is 8.70. The average molecular weight is 438 g/mol. The van der Waals surface area contributed by atoms with Crippen molar-refractivity contribution in [2.75, 3.05) is 49.6 Å². The molecule has 0 spiro atoms. The molecule has 9 heteroatoms. The van der Waals surface area contributed by atoms with E-state index >= 15 is 0 Å². The fourth-order valence-corrected chi connectivity index (χ4v) is 5.13. The maximum Gasteiger partial charge on any atom is 0.228 e. The highest BCUT2D eigenvalue weighted by atomic mass is 32.1. The Morgan fingerprint density at radius 1 is 1.16 bits per heavy atom. The van der Waals surface area contributed by atoms with Gasteiger partial charge in [-0.1, -0.05) is 17.4 Å². The van der Waals surface area contributed by atoms with Gasteiger partial charge >= 0.3 is 0 Å². The third kappa shape index (κ3) is 3.81. The Morgan fingerprint density at radius 3 is 2.77 bits per heavy atom. The quantitative estimate of drug-likeness (QED) is 0.624. The number of hydrogen-bond donors (Lipinski definition) is 0. The van der Waals surface area contributed by atoms with Crippen LogP contribution in [0.15, 0.2) is 42.6 Å². The Labute approximate surface area is 184 Å². The molecule has 0 radical (unpaired) electrons. The molecule has 2 saturated heterocycles. The first-order valence-corrected chi connectivity index (χ1v) is 11.1. The number of benzene rings is 1. The molecule has 8 nitrogen and oxygen atoms in total. The number of methoxy groups -OCH3 is 1. The normalized spacial score (nSPS) is 19.3. The first-order valence-electron chi connectivity index (χ1n) is 10.3. The Bertz CT molecular complexity index is 1090. The van der Waals surface area contributed by atoms with Crippen LogP contribution in [0.3, 0.4) is 0 Å². The van der Waals surface area contributed by atoms with E-state index in [0.717, 1.165) is 34.3 Å².